The predicted molar refractivity (Wildman–Crippen MR) is 242 cm³/mol. The molecular formula is C47H56N8O11. The van der Waals surface area contributed by atoms with Gasteiger partial charge in [-0.3, -0.25) is 58.6 Å². The van der Waals surface area contributed by atoms with Gasteiger partial charge < -0.3 is 34.1 Å². The first-order valence-electron chi connectivity index (χ1n) is 22.0. The molecule has 5 amide bonds. The number of rotatable bonds is 14. The Morgan fingerprint density at radius 1 is 0.985 bits per heavy atom. The molecule has 8 rings (SSSR count). The van der Waals surface area contributed by atoms with Crippen molar-refractivity contribution < 1.29 is 48.1 Å². The van der Waals surface area contributed by atoms with Crippen LogP contribution in [0.15, 0.2) is 59.8 Å². The number of aryl methyl sites for hydroxylation is 1. The minimum atomic E-state index is -0.994. The minimum absolute atomic E-state index is 0.0691. The highest BCUT2D eigenvalue weighted by molar-refractivity contribution is 6.23. The molecule has 0 aliphatic carbocycles. The highest BCUT2D eigenvalue weighted by Gasteiger charge is 2.45. The summed E-state index contributed by atoms with van der Waals surface area (Å²) >= 11 is 0. The van der Waals surface area contributed by atoms with Crippen LogP contribution in [0, 0.1) is 0 Å². The van der Waals surface area contributed by atoms with Crippen LogP contribution in [0.2, 0.25) is 0 Å². The number of ether oxygens (including phenoxy) is 3. The molecule has 1 unspecified atom stereocenters. The van der Waals surface area contributed by atoms with Crippen molar-refractivity contribution in [3.05, 3.63) is 82.0 Å². The van der Waals surface area contributed by atoms with Crippen molar-refractivity contribution >= 4 is 52.5 Å². The number of nitrogens with one attached hydrogen (secondary N) is 2. The number of fused-ring (bicyclic) bond motifs is 2. The van der Waals surface area contributed by atoms with Crippen molar-refractivity contribution in [1.82, 2.24) is 34.9 Å². The molecule has 2 aromatic carbocycles. The smallest absolute Gasteiger partial charge is 0.290 e. The molecule has 19 nitrogen and oxygen atoms in total. The molecule has 350 valence electrons. The fourth-order valence-electron chi connectivity index (χ4n) is 9.40. The van der Waals surface area contributed by atoms with E-state index in [4.69, 9.17) is 24.1 Å². The molecule has 1 spiro atoms. The van der Waals surface area contributed by atoms with Crippen LogP contribution in [0.1, 0.15) is 64.8 Å². The lowest BCUT2D eigenvalue weighted by molar-refractivity contribution is -0.136. The van der Waals surface area contributed by atoms with Crippen LogP contribution in [0.4, 0.5) is 5.69 Å². The monoisotopic (exact) mass is 908 g/mol. The number of morpholine rings is 1. The number of carbonyl (C=O) groups excluding carboxylic acids is 5. The van der Waals surface area contributed by atoms with E-state index >= 15 is 0 Å². The molecule has 3 saturated heterocycles. The summed E-state index contributed by atoms with van der Waals surface area (Å²) < 4.78 is 19.6. The first kappa shape index (κ1) is 47.3. The number of methoxy groups -OCH3 is 2. The predicted octanol–water partition coefficient (Wildman–Crippen LogP) is 2.42. The fourth-order valence-corrected chi connectivity index (χ4v) is 9.40. The van der Waals surface area contributed by atoms with E-state index < -0.39 is 29.7 Å². The average Bonchev–Trinajstić information content (AvgIpc) is 3.55. The van der Waals surface area contributed by atoms with Gasteiger partial charge in [-0.1, -0.05) is 0 Å². The molecule has 66 heavy (non-hydrogen) atoms. The maximum absolute atomic E-state index is 13.4. The number of carboxylic acid groups (broad SMARTS) is 1. The van der Waals surface area contributed by atoms with Crippen LogP contribution in [-0.2, 0) is 37.5 Å². The summed E-state index contributed by atoms with van der Waals surface area (Å²) in [5, 5.41) is 13.5. The van der Waals surface area contributed by atoms with E-state index in [0.717, 1.165) is 91.1 Å². The minimum Gasteiger partial charge on any atom is -0.496 e. The maximum Gasteiger partial charge on any atom is 0.290 e. The van der Waals surface area contributed by atoms with E-state index in [1.54, 1.807) is 56.6 Å². The number of aromatic nitrogens is 2. The van der Waals surface area contributed by atoms with Gasteiger partial charge in [-0.25, -0.2) is 0 Å². The van der Waals surface area contributed by atoms with E-state index in [1.807, 2.05) is 36.2 Å². The fraction of sp³-hybridized carbons (Fsp3) is 0.447. The summed E-state index contributed by atoms with van der Waals surface area (Å²) in [4.78, 5) is 96.6. The van der Waals surface area contributed by atoms with Crippen LogP contribution >= 0.6 is 0 Å². The Hall–Kier alpha value is -6.70. The van der Waals surface area contributed by atoms with E-state index in [-0.39, 0.29) is 54.1 Å². The van der Waals surface area contributed by atoms with Gasteiger partial charge in [-0.15, -0.1) is 0 Å². The first-order chi connectivity index (χ1) is 31.8. The number of carbonyl (C=O) groups is 6. The summed E-state index contributed by atoms with van der Waals surface area (Å²) in [6.07, 6.45) is 8.63. The van der Waals surface area contributed by atoms with Crippen molar-refractivity contribution in [1.29, 1.82) is 0 Å². The zero-order chi connectivity index (χ0) is 47.1. The van der Waals surface area contributed by atoms with Gasteiger partial charge in [0.2, 0.25) is 17.7 Å². The first-order valence-corrected chi connectivity index (χ1v) is 22.0. The lowest BCUT2D eigenvalue weighted by Gasteiger charge is -2.48. The van der Waals surface area contributed by atoms with Crippen LogP contribution in [0.25, 0.3) is 21.9 Å². The van der Waals surface area contributed by atoms with Gasteiger partial charge in [0.05, 0.1) is 55.0 Å². The molecule has 3 fully saturated rings. The van der Waals surface area contributed by atoms with Crippen molar-refractivity contribution in [2.75, 3.05) is 78.6 Å². The quantitative estimate of drug-likeness (QED) is 0.0940. The second kappa shape index (κ2) is 20.6. The summed E-state index contributed by atoms with van der Waals surface area (Å²) in [5.74, 6) is -0.889. The molecule has 6 heterocycles. The number of anilines is 1. The van der Waals surface area contributed by atoms with E-state index in [2.05, 4.69) is 25.4 Å². The van der Waals surface area contributed by atoms with E-state index in [0.29, 0.717) is 36.6 Å². The molecule has 1 atom stereocenters. The highest BCUT2D eigenvalue weighted by Crippen LogP contribution is 2.38. The van der Waals surface area contributed by atoms with Gasteiger partial charge in [-0.2, -0.15) is 0 Å². The molecule has 0 bridgehead atoms. The van der Waals surface area contributed by atoms with Gasteiger partial charge in [0.15, 0.2) is 0 Å². The third kappa shape index (κ3) is 10.1. The Morgan fingerprint density at radius 2 is 1.70 bits per heavy atom. The van der Waals surface area contributed by atoms with Gasteiger partial charge >= 0.3 is 0 Å². The highest BCUT2D eigenvalue weighted by atomic mass is 16.5. The molecule has 19 heteroatoms. The number of piperidine rings is 2. The third-order valence-corrected chi connectivity index (χ3v) is 12.8. The summed E-state index contributed by atoms with van der Waals surface area (Å²) in [7, 11) is 6.80. The Morgan fingerprint density at radius 3 is 2.39 bits per heavy atom. The standard InChI is InChI=1S/C46H54N8O9.CH2O2/c1-50(25-36-38(61-3)21-29(22-39(36)62-4)35-26-51(2)43(58)34-24-47-15-11-31(34)35)27-41(56)48-14-5-6-16-52-19-20-63-46(28-52)12-17-53(18-13-46)30-7-8-32-33(23-30)45(60)54(44(32)59)37-9-10-40(55)49-42(37)57;2-1-3/h7-8,11,15,21-24,26,37H,5-6,9-10,12-14,16-20,25,27-28H2,1-4H3,(H,48,56)(H,49,55,57);1H,(H,2,3). The SMILES string of the molecule is COc1cc(-c2cn(C)c(=O)c3cnccc23)cc(OC)c1CN(C)CC(=O)NCCCCN1CCOC2(CCN(c3ccc4c(c3)C(=O)N(C3CCC(=O)NC3=O)C4=O)CC2)C1.O=CO. The molecule has 2 aromatic heterocycles. The van der Waals surface area contributed by atoms with Crippen LogP contribution in [-0.4, -0.2) is 151 Å². The van der Waals surface area contributed by atoms with E-state index in [1.165, 1.54) is 0 Å². The van der Waals surface area contributed by atoms with Gasteiger partial charge in [0.1, 0.15) is 17.5 Å². The Balaban J connectivity index is 0.00000210. The maximum atomic E-state index is 13.4. The second-order valence-electron chi connectivity index (χ2n) is 17.0. The number of hydrogen-bond donors (Lipinski definition) is 3. The molecule has 3 N–H and O–H groups in total. The number of pyridine rings is 2. The summed E-state index contributed by atoms with van der Waals surface area (Å²) in [6, 6.07) is 9.95. The number of hydrogen-bond acceptors (Lipinski definition) is 14. The Bertz CT molecular complexity index is 2550. The van der Waals surface area contributed by atoms with Crippen molar-refractivity contribution in [2.24, 2.45) is 7.05 Å². The zero-order valence-electron chi connectivity index (χ0n) is 37.7. The number of amides is 5. The lowest BCUT2D eigenvalue weighted by atomic mass is 9.88. The molecule has 4 aromatic rings. The Kier molecular flexibility index (Phi) is 14.8. The molecule has 4 aliphatic rings. The van der Waals surface area contributed by atoms with Crippen LogP contribution in [0.3, 0.4) is 0 Å². The topological polar surface area (TPSA) is 222 Å². The van der Waals surface area contributed by atoms with Crippen molar-refractivity contribution in [3.8, 4) is 22.6 Å². The molecule has 0 radical (unpaired) electrons. The van der Waals surface area contributed by atoms with Gasteiger partial charge in [0, 0.05) is 82.6 Å². The molecule has 0 saturated carbocycles. The molecular weight excluding hydrogens is 853 g/mol. The van der Waals surface area contributed by atoms with Crippen LogP contribution in [0.5, 0.6) is 11.5 Å². The number of unbranched alkanes of at least 4 members (excludes halogenated alkanes) is 1. The Labute approximate surface area is 381 Å². The van der Waals surface area contributed by atoms with Crippen molar-refractivity contribution in [3.63, 3.8) is 0 Å². The zero-order valence-corrected chi connectivity index (χ0v) is 37.7. The average molecular weight is 909 g/mol. The van der Waals surface area contributed by atoms with Gasteiger partial charge in [0.25, 0.3) is 23.8 Å². The molecule has 4 aliphatic heterocycles. The largest absolute Gasteiger partial charge is 0.496 e. The number of nitrogens with zero attached hydrogens (tertiary/aromatic N) is 6. The summed E-state index contributed by atoms with van der Waals surface area (Å²) in [6.45, 7) is 5.59. The number of likely N-dealkylation sites (N-methyl/N-ethyl adjacent to an activating group) is 1. The van der Waals surface area contributed by atoms with Crippen LogP contribution < -0.4 is 30.6 Å². The lowest BCUT2D eigenvalue weighted by Crippen LogP contribution is -2.57. The summed E-state index contributed by atoms with van der Waals surface area (Å²) in [5.41, 5.74) is 3.48. The number of imide groups is 2. The van der Waals surface area contributed by atoms with E-state index in [9.17, 15) is 28.8 Å². The third-order valence-electron chi connectivity index (χ3n) is 12.8. The second-order valence-corrected chi connectivity index (χ2v) is 17.0. The normalized spacial score (nSPS) is 18.2. The van der Waals surface area contributed by atoms with Crippen molar-refractivity contribution in [2.45, 2.75) is 56.7 Å². The number of benzene rings is 2. The van der Waals surface area contributed by atoms with Gasteiger partial charge in [-0.05, 0) is 93.0 Å².